The van der Waals surface area contributed by atoms with Gasteiger partial charge in [-0.25, -0.2) is 4.79 Å². The normalized spacial score (nSPS) is 18.1. The number of nitrogens with zero attached hydrogens (tertiary/aromatic N) is 1. The van der Waals surface area contributed by atoms with Crippen molar-refractivity contribution in [3.63, 3.8) is 0 Å². The van der Waals surface area contributed by atoms with Crippen molar-refractivity contribution in [3.05, 3.63) is 59.7 Å². The Morgan fingerprint density at radius 3 is 2.33 bits per heavy atom. The van der Waals surface area contributed by atoms with E-state index in [0.717, 1.165) is 6.42 Å². The summed E-state index contributed by atoms with van der Waals surface area (Å²) in [7, 11) is 0. The highest BCUT2D eigenvalue weighted by molar-refractivity contribution is 5.79. The quantitative estimate of drug-likeness (QED) is 0.869. The Labute approximate surface area is 158 Å². The monoisotopic (exact) mass is 365 g/mol. The van der Waals surface area contributed by atoms with Crippen LogP contribution in [0.5, 0.6) is 0 Å². The number of hydrogen-bond acceptors (Lipinski definition) is 4. The van der Waals surface area contributed by atoms with Crippen LogP contribution in [0.3, 0.4) is 0 Å². The fraction of sp³-hybridized carbons (Fsp3) is 0.333. The van der Waals surface area contributed by atoms with Gasteiger partial charge in [0.15, 0.2) is 0 Å². The molecule has 1 fully saturated rings. The fourth-order valence-electron chi connectivity index (χ4n) is 4.02. The van der Waals surface area contributed by atoms with Gasteiger partial charge in [-0.05, 0) is 28.7 Å². The Morgan fingerprint density at radius 1 is 1.07 bits per heavy atom. The van der Waals surface area contributed by atoms with Crippen LogP contribution >= 0.6 is 0 Å². The first-order valence-electron chi connectivity index (χ1n) is 9.26. The third kappa shape index (κ3) is 3.40. The summed E-state index contributed by atoms with van der Waals surface area (Å²) in [6.07, 6.45) is 0.386. The molecule has 0 bridgehead atoms. The number of nitrogens with one attached hydrogen (secondary N) is 1. The first-order valence-corrected chi connectivity index (χ1v) is 9.26. The maximum absolute atomic E-state index is 12.5. The maximum Gasteiger partial charge on any atom is 0.409 e. The van der Waals surface area contributed by atoms with Gasteiger partial charge in [0.2, 0.25) is 5.91 Å². The number of carbonyl (C=O) groups excluding carboxylic acids is 2. The lowest BCUT2D eigenvalue weighted by atomic mass is 9.98. The van der Waals surface area contributed by atoms with Crippen molar-refractivity contribution >= 4 is 12.0 Å². The number of fused-ring (bicyclic) bond motifs is 3. The molecule has 2 aliphatic rings. The van der Waals surface area contributed by atoms with Crippen molar-refractivity contribution in [1.82, 2.24) is 10.2 Å². The molecule has 140 valence electrons. The molecule has 27 heavy (non-hydrogen) atoms. The van der Waals surface area contributed by atoms with Crippen molar-refractivity contribution < 1.29 is 14.3 Å². The van der Waals surface area contributed by atoms with E-state index in [1.807, 2.05) is 24.3 Å². The minimum atomic E-state index is -0.332. The van der Waals surface area contributed by atoms with Gasteiger partial charge in [0.25, 0.3) is 0 Å². The van der Waals surface area contributed by atoms with Crippen LogP contribution in [-0.4, -0.2) is 49.2 Å². The highest BCUT2D eigenvalue weighted by Crippen LogP contribution is 2.44. The molecule has 0 aromatic heterocycles. The summed E-state index contributed by atoms with van der Waals surface area (Å²) >= 11 is 0. The molecule has 0 spiro atoms. The van der Waals surface area contributed by atoms with Gasteiger partial charge in [0.1, 0.15) is 6.61 Å². The third-order valence-electron chi connectivity index (χ3n) is 5.33. The van der Waals surface area contributed by atoms with Crippen LogP contribution in [0, 0.1) is 0 Å². The van der Waals surface area contributed by atoms with E-state index < -0.39 is 0 Å². The van der Waals surface area contributed by atoms with Gasteiger partial charge in [-0.3, -0.25) is 4.79 Å². The summed E-state index contributed by atoms with van der Waals surface area (Å²) < 4.78 is 5.65. The molecule has 1 atom stereocenters. The van der Waals surface area contributed by atoms with Gasteiger partial charge in [-0.1, -0.05) is 48.5 Å². The van der Waals surface area contributed by atoms with Crippen molar-refractivity contribution in [2.75, 3.05) is 26.2 Å². The van der Waals surface area contributed by atoms with Crippen molar-refractivity contribution in [3.8, 4) is 11.1 Å². The highest BCUT2D eigenvalue weighted by atomic mass is 16.6. The molecule has 6 nitrogen and oxygen atoms in total. The predicted octanol–water partition coefficient (Wildman–Crippen LogP) is 2.08. The van der Waals surface area contributed by atoms with E-state index >= 15 is 0 Å². The summed E-state index contributed by atoms with van der Waals surface area (Å²) in [5.41, 5.74) is 10.1. The van der Waals surface area contributed by atoms with Gasteiger partial charge < -0.3 is 20.7 Å². The molecule has 4 rings (SSSR count). The Balaban J connectivity index is 1.41. The highest BCUT2D eigenvalue weighted by Gasteiger charge is 2.31. The van der Waals surface area contributed by atoms with E-state index in [1.54, 1.807) is 4.90 Å². The fourth-order valence-corrected chi connectivity index (χ4v) is 4.02. The number of rotatable bonds is 4. The van der Waals surface area contributed by atoms with E-state index in [0.29, 0.717) is 19.7 Å². The molecule has 0 saturated carbocycles. The minimum absolute atomic E-state index is 0.0402. The zero-order chi connectivity index (χ0) is 18.8. The lowest BCUT2D eigenvalue weighted by Crippen LogP contribution is -2.41. The minimum Gasteiger partial charge on any atom is -0.448 e. The van der Waals surface area contributed by atoms with Crippen LogP contribution in [0.1, 0.15) is 23.5 Å². The van der Waals surface area contributed by atoms with Crippen molar-refractivity contribution in [2.24, 2.45) is 5.73 Å². The summed E-state index contributed by atoms with van der Waals surface area (Å²) in [6.45, 7) is 1.30. The summed E-state index contributed by atoms with van der Waals surface area (Å²) in [5, 5.41) is 2.82. The van der Waals surface area contributed by atoms with Crippen LogP contribution in [0.25, 0.3) is 11.1 Å². The molecule has 2 amide bonds. The maximum atomic E-state index is 12.5. The van der Waals surface area contributed by atoms with E-state index in [4.69, 9.17) is 10.5 Å². The smallest absolute Gasteiger partial charge is 0.409 e. The molecule has 2 aromatic rings. The van der Waals surface area contributed by atoms with Crippen LogP contribution in [0.4, 0.5) is 4.79 Å². The first-order chi connectivity index (χ1) is 13.2. The Bertz CT molecular complexity index is 822. The predicted molar refractivity (Wildman–Crippen MR) is 102 cm³/mol. The van der Waals surface area contributed by atoms with Crippen LogP contribution < -0.4 is 11.1 Å². The molecule has 1 aliphatic heterocycles. The zero-order valence-electron chi connectivity index (χ0n) is 15.1. The van der Waals surface area contributed by atoms with Gasteiger partial charge >= 0.3 is 6.09 Å². The topological polar surface area (TPSA) is 84.7 Å². The number of ether oxygens (including phenoxy) is 1. The second-order valence-electron chi connectivity index (χ2n) is 7.01. The van der Waals surface area contributed by atoms with E-state index in [1.165, 1.54) is 22.3 Å². The average Bonchev–Trinajstić information content (AvgIpc) is 3.29. The summed E-state index contributed by atoms with van der Waals surface area (Å²) in [6, 6.07) is 16.5. The first kappa shape index (κ1) is 17.5. The zero-order valence-corrected chi connectivity index (χ0v) is 15.1. The number of nitrogens with two attached hydrogens (primary N) is 1. The summed E-state index contributed by atoms with van der Waals surface area (Å²) in [4.78, 5) is 25.5. The second-order valence-corrected chi connectivity index (χ2v) is 7.01. The molecule has 1 heterocycles. The number of hydrogen-bond donors (Lipinski definition) is 2. The SMILES string of the molecule is NCC(=O)N[C@@H]1CCN(C(=O)OCC2c3ccccc3-c3ccccc32)C1. The van der Waals surface area contributed by atoms with Crippen molar-refractivity contribution in [2.45, 2.75) is 18.4 Å². The molecular weight excluding hydrogens is 342 g/mol. The van der Waals surface area contributed by atoms with Crippen LogP contribution in [0.15, 0.2) is 48.5 Å². The number of amides is 2. The van der Waals surface area contributed by atoms with Crippen molar-refractivity contribution in [1.29, 1.82) is 0 Å². The molecule has 6 heteroatoms. The molecule has 2 aromatic carbocycles. The van der Waals surface area contributed by atoms with E-state index in [2.05, 4.69) is 29.6 Å². The van der Waals surface area contributed by atoms with E-state index in [-0.39, 0.29) is 30.5 Å². The van der Waals surface area contributed by atoms with Crippen LogP contribution in [-0.2, 0) is 9.53 Å². The molecule has 1 aliphatic carbocycles. The Kier molecular flexibility index (Phi) is 4.81. The van der Waals surface area contributed by atoms with Gasteiger partial charge in [0.05, 0.1) is 6.54 Å². The lowest BCUT2D eigenvalue weighted by molar-refractivity contribution is -0.120. The van der Waals surface area contributed by atoms with Gasteiger partial charge in [-0.15, -0.1) is 0 Å². The van der Waals surface area contributed by atoms with Gasteiger partial charge in [-0.2, -0.15) is 0 Å². The van der Waals surface area contributed by atoms with E-state index in [9.17, 15) is 9.59 Å². The summed E-state index contributed by atoms with van der Waals surface area (Å²) in [5.74, 6) is -0.147. The molecule has 3 N–H and O–H groups in total. The van der Waals surface area contributed by atoms with Crippen LogP contribution in [0.2, 0.25) is 0 Å². The third-order valence-corrected chi connectivity index (χ3v) is 5.33. The molecule has 0 unspecified atom stereocenters. The largest absolute Gasteiger partial charge is 0.448 e. The number of carbonyl (C=O) groups is 2. The lowest BCUT2D eigenvalue weighted by Gasteiger charge is -2.19. The number of likely N-dealkylation sites (tertiary alicyclic amines) is 1. The molecular formula is C21H23N3O3. The Hall–Kier alpha value is -2.86. The van der Waals surface area contributed by atoms with Gasteiger partial charge in [0, 0.05) is 25.0 Å². The Morgan fingerprint density at radius 2 is 1.70 bits per heavy atom. The standard InChI is InChI=1S/C21H23N3O3/c22-11-20(25)23-14-9-10-24(12-14)21(26)27-13-19-17-7-3-1-5-15(17)16-6-2-4-8-18(16)19/h1-8,14,19H,9-13,22H2,(H,23,25)/t14-/m1/s1. The molecule has 1 saturated heterocycles. The molecule has 0 radical (unpaired) electrons. The average molecular weight is 365 g/mol. The number of benzene rings is 2. The second kappa shape index (κ2) is 7.40.